The zero-order chi connectivity index (χ0) is 75.1. The van der Waals surface area contributed by atoms with Crippen LogP contribution in [0.25, 0.3) is 0 Å². The van der Waals surface area contributed by atoms with Gasteiger partial charge in [-0.2, -0.15) is 0 Å². The van der Waals surface area contributed by atoms with Crippen LogP contribution in [0.3, 0.4) is 0 Å². The third-order valence-corrected chi connectivity index (χ3v) is 21.6. The zero-order valence-corrected chi connectivity index (χ0v) is 68.9. The summed E-state index contributed by atoms with van der Waals surface area (Å²) in [5.74, 6) is 0.207. The fraction of sp³-hybridized carbons (Fsp3) is 0.952. The minimum Gasteiger partial charge on any atom is -0.462 e. The highest BCUT2D eigenvalue weighted by Gasteiger charge is 2.30. The van der Waals surface area contributed by atoms with Crippen molar-refractivity contribution in [3.8, 4) is 0 Å². The normalized spacial score (nSPS) is 14.2. The van der Waals surface area contributed by atoms with Gasteiger partial charge >= 0.3 is 39.5 Å². The molecule has 0 spiro atoms. The summed E-state index contributed by atoms with van der Waals surface area (Å²) in [5.41, 5.74) is 0. The van der Waals surface area contributed by atoms with Crippen LogP contribution in [0.2, 0.25) is 0 Å². The van der Waals surface area contributed by atoms with Gasteiger partial charge in [0.05, 0.1) is 26.4 Å². The molecule has 0 saturated heterocycles. The first kappa shape index (κ1) is 100. The number of carbonyl (C=O) groups excluding carboxylic acids is 4. The summed E-state index contributed by atoms with van der Waals surface area (Å²) in [6.45, 7) is 12.0. The minimum atomic E-state index is -4.96. The molecule has 19 heteroatoms. The molecule has 0 radical (unpaired) electrons. The quantitative estimate of drug-likeness (QED) is 0.0222. The zero-order valence-electron chi connectivity index (χ0n) is 67.1. The summed E-state index contributed by atoms with van der Waals surface area (Å²) in [7, 11) is -9.92. The first-order valence-electron chi connectivity index (χ1n) is 42.9. The molecule has 0 amide bonds. The van der Waals surface area contributed by atoms with Crippen molar-refractivity contribution in [2.45, 2.75) is 452 Å². The second-order valence-electron chi connectivity index (χ2n) is 31.1. The van der Waals surface area contributed by atoms with Crippen LogP contribution in [0.5, 0.6) is 0 Å². The molecule has 0 saturated carbocycles. The molecular weight excluding hydrogens is 1330 g/mol. The average Bonchev–Trinajstić information content (AvgIpc) is 0.915. The Kier molecular flexibility index (Phi) is 71.8. The van der Waals surface area contributed by atoms with Gasteiger partial charge in [-0.3, -0.25) is 37.3 Å². The average molecular weight is 1490 g/mol. The SMILES string of the molecule is CCCCCCCCCCCCCCCCCCCCCC(=O)OC[C@H](COP(=O)(O)OC[C@@H](O)COP(=O)(O)OC[C@@H](COC(=O)CCCCCCCCCC(C)C)OC(=O)CCCCCCCCCCCCC(C)CC)OC(=O)CCCCCCCCCCCCCCCCCCC(C)C. The van der Waals surface area contributed by atoms with Crippen molar-refractivity contribution in [3.63, 3.8) is 0 Å². The monoisotopic (exact) mass is 1490 g/mol. The van der Waals surface area contributed by atoms with E-state index in [0.717, 1.165) is 108 Å². The number of ether oxygens (including phenoxy) is 4. The molecular formula is C83H162O17P2. The van der Waals surface area contributed by atoms with Gasteiger partial charge in [-0.1, -0.05) is 382 Å². The molecule has 0 heterocycles. The number of unbranched alkanes of at least 4 members (excludes halogenated alkanes) is 48. The van der Waals surface area contributed by atoms with Crippen molar-refractivity contribution >= 4 is 39.5 Å². The largest absolute Gasteiger partial charge is 0.472 e. The Morgan fingerprint density at radius 3 is 0.745 bits per heavy atom. The van der Waals surface area contributed by atoms with Crippen LogP contribution in [-0.4, -0.2) is 96.7 Å². The Morgan fingerprint density at radius 1 is 0.284 bits per heavy atom. The van der Waals surface area contributed by atoms with Gasteiger partial charge in [0.1, 0.15) is 19.3 Å². The third kappa shape index (κ3) is 74.9. The molecule has 0 aliphatic heterocycles. The summed E-state index contributed by atoms with van der Waals surface area (Å²) in [5, 5.41) is 10.7. The van der Waals surface area contributed by atoms with E-state index in [2.05, 4.69) is 48.5 Å². The predicted octanol–water partition coefficient (Wildman–Crippen LogP) is 24.9. The fourth-order valence-electron chi connectivity index (χ4n) is 12.8. The number of hydrogen-bond donors (Lipinski definition) is 3. The van der Waals surface area contributed by atoms with Gasteiger partial charge in [0, 0.05) is 25.7 Å². The van der Waals surface area contributed by atoms with Crippen LogP contribution in [0.4, 0.5) is 0 Å². The number of phosphoric acid groups is 2. The lowest BCUT2D eigenvalue weighted by Crippen LogP contribution is -2.30. The first-order chi connectivity index (χ1) is 49.3. The highest BCUT2D eigenvalue weighted by atomic mass is 31.2. The second kappa shape index (κ2) is 73.2. The second-order valence-corrected chi connectivity index (χ2v) is 34.0. The van der Waals surface area contributed by atoms with Crippen LogP contribution in [0.1, 0.15) is 434 Å². The fourth-order valence-corrected chi connectivity index (χ4v) is 14.4. The summed E-state index contributed by atoms with van der Waals surface area (Å²) in [6.07, 6.45) is 62.5. The Hall–Kier alpha value is -1.94. The molecule has 0 bridgehead atoms. The van der Waals surface area contributed by atoms with Gasteiger partial charge in [-0.05, 0) is 43.4 Å². The summed E-state index contributed by atoms with van der Waals surface area (Å²) < 4.78 is 68.8. The number of phosphoric ester groups is 2. The van der Waals surface area contributed by atoms with Crippen molar-refractivity contribution in [2.24, 2.45) is 17.8 Å². The third-order valence-electron chi connectivity index (χ3n) is 19.7. The molecule has 3 N–H and O–H groups in total. The number of aliphatic hydroxyl groups is 1. The van der Waals surface area contributed by atoms with E-state index in [0.29, 0.717) is 31.6 Å². The standard InChI is InChI=1S/C83H162O17P2/c1-8-10-11-12-13-14-15-16-17-18-19-20-24-27-30-36-43-50-57-64-80(85)93-70-78(99-82(87)66-59-52-44-37-31-28-25-22-21-23-26-29-34-40-47-54-61-74(3)4)72-97-101(89,90)95-68-77(84)69-96-102(91,92)98-73-79(71-94-81(86)65-58-51-46-39-41-48-55-62-75(5)6)100-83(88)67-60-53-45-38-33-32-35-42-49-56-63-76(7)9-2/h74-79,84H,8-73H2,1-7H3,(H,89,90)(H,91,92)/t76?,77-,78-,79-/m1/s1. The van der Waals surface area contributed by atoms with Crippen LogP contribution in [0.15, 0.2) is 0 Å². The Morgan fingerprint density at radius 2 is 0.500 bits per heavy atom. The van der Waals surface area contributed by atoms with E-state index >= 15 is 0 Å². The minimum absolute atomic E-state index is 0.106. The number of carbonyl (C=O) groups is 4. The first-order valence-corrected chi connectivity index (χ1v) is 45.9. The summed E-state index contributed by atoms with van der Waals surface area (Å²) in [6, 6.07) is 0. The molecule has 17 nitrogen and oxygen atoms in total. The van der Waals surface area contributed by atoms with Crippen molar-refractivity contribution in [3.05, 3.63) is 0 Å². The maximum Gasteiger partial charge on any atom is 0.472 e. The van der Waals surface area contributed by atoms with Crippen LogP contribution in [-0.2, 0) is 65.4 Å². The van der Waals surface area contributed by atoms with Crippen LogP contribution < -0.4 is 0 Å². The molecule has 0 aliphatic rings. The van der Waals surface area contributed by atoms with Crippen molar-refractivity contribution in [1.29, 1.82) is 0 Å². The van der Waals surface area contributed by atoms with Crippen LogP contribution in [0, 0.1) is 17.8 Å². The van der Waals surface area contributed by atoms with E-state index < -0.39 is 97.5 Å². The van der Waals surface area contributed by atoms with E-state index in [4.69, 9.17) is 37.0 Å². The molecule has 606 valence electrons. The number of aliphatic hydroxyl groups excluding tert-OH is 1. The maximum atomic E-state index is 13.1. The lowest BCUT2D eigenvalue weighted by Gasteiger charge is -2.21. The molecule has 0 aliphatic carbocycles. The van der Waals surface area contributed by atoms with E-state index in [1.165, 1.54) is 238 Å². The Balaban J connectivity index is 5.24. The van der Waals surface area contributed by atoms with Gasteiger partial charge in [-0.15, -0.1) is 0 Å². The molecule has 6 atom stereocenters. The molecule has 0 aromatic carbocycles. The van der Waals surface area contributed by atoms with Gasteiger partial charge in [0.15, 0.2) is 12.2 Å². The number of hydrogen-bond acceptors (Lipinski definition) is 15. The van der Waals surface area contributed by atoms with E-state index in [9.17, 15) is 43.2 Å². The van der Waals surface area contributed by atoms with E-state index in [1.807, 2.05) is 0 Å². The Bertz CT molecular complexity index is 1980. The number of esters is 4. The molecule has 102 heavy (non-hydrogen) atoms. The van der Waals surface area contributed by atoms with Gasteiger partial charge < -0.3 is 33.8 Å². The molecule has 0 aromatic rings. The highest BCUT2D eigenvalue weighted by molar-refractivity contribution is 7.47. The van der Waals surface area contributed by atoms with E-state index in [1.54, 1.807) is 0 Å². The lowest BCUT2D eigenvalue weighted by molar-refractivity contribution is -0.161. The van der Waals surface area contributed by atoms with Crippen LogP contribution >= 0.6 is 15.6 Å². The number of rotatable bonds is 81. The summed E-state index contributed by atoms with van der Waals surface area (Å²) >= 11 is 0. The topological polar surface area (TPSA) is 237 Å². The predicted molar refractivity (Wildman–Crippen MR) is 418 cm³/mol. The van der Waals surface area contributed by atoms with Gasteiger partial charge in [-0.25, -0.2) is 9.13 Å². The molecule has 3 unspecified atom stereocenters. The summed E-state index contributed by atoms with van der Waals surface area (Å²) in [4.78, 5) is 73.1. The van der Waals surface area contributed by atoms with E-state index in [-0.39, 0.29) is 25.7 Å². The smallest absolute Gasteiger partial charge is 0.462 e. The Labute approximate surface area is 626 Å². The van der Waals surface area contributed by atoms with Crippen molar-refractivity contribution in [1.82, 2.24) is 0 Å². The molecule has 0 aromatic heterocycles. The molecule has 0 rings (SSSR count). The molecule has 0 fully saturated rings. The van der Waals surface area contributed by atoms with Gasteiger partial charge in [0.25, 0.3) is 0 Å². The highest BCUT2D eigenvalue weighted by Crippen LogP contribution is 2.45. The maximum absolute atomic E-state index is 13.1. The van der Waals surface area contributed by atoms with Crippen molar-refractivity contribution in [2.75, 3.05) is 39.6 Å². The van der Waals surface area contributed by atoms with Crippen molar-refractivity contribution < 1.29 is 80.2 Å². The van der Waals surface area contributed by atoms with Gasteiger partial charge in [0.2, 0.25) is 0 Å². The lowest BCUT2D eigenvalue weighted by atomic mass is 9.99.